The van der Waals surface area contributed by atoms with Crippen molar-refractivity contribution in [2.75, 3.05) is 13.1 Å². The molecule has 1 rings (SSSR count). The molecule has 0 spiro atoms. The molecule has 1 aliphatic rings. The summed E-state index contributed by atoms with van der Waals surface area (Å²) < 4.78 is 0. The van der Waals surface area contributed by atoms with Crippen LogP contribution < -0.4 is 0 Å². The van der Waals surface area contributed by atoms with E-state index in [0.29, 0.717) is 0 Å². The summed E-state index contributed by atoms with van der Waals surface area (Å²) in [4.78, 5) is 2.64. The van der Waals surface area contributed by atoms with Crippen molar-refractivity contribution in [1.82, 2.24) is 4.90 Å². The predicted octanol–water partition coefficient (Wildman–Crippen LogP) is 3.05. The zero-order valence-corrected chi connectivity index (χ0v) is 11.3. The molecule has 0 aromatic heterocycles. The minimum absolute atomic E-state index is 0.0249. The topological polar surface area (TPSA) is 23.5 Å². The zero-order valence-electron chi connectivity index (χ0n) is 11.3. The Hall–Kier alpha value is -0.0800. The van der Waals surface area contributed by atoms with Gasteiger partial charge in [0, 0.05) is 12.6 Å². The van der Waals surface area contributed by atoms with Crippen LogP contribution in [0.25, 0.3) is 0 Å². The first-order chi connectivity index (χ1) is 7.71. The summed E-state index contributed by atoms with van der Waals surface area (Å²) >= 11 is 0. The number of hydrogen-bond donors (Lipinski definition) is 1. The van der Waals surface area contributed by atoms with E-state index in [1.807, 2.05) is 0 Å². The first-order valence-corrected chi connectivity index (χ1v) is 7.13. The summed E-state index contributed by atoms with van der Waals surface area (Å²) in [6, 6.07) is 0.731. The highest BCUT2D eigenvalue weighted by Crippen LogP contribution is 2.24. The third-order valence-electron chi connectivity index (χ3n) is 4.24. The molecule has 0 atom stereocenters. The fourth-order valence-corrected chi connectivity index (χ4v) is 2.84. The molecule has 0 saturated heterocycles. The van der Waals surface area contributed by atoms with E-state index in [0.717, 1.165) is 31.3 Å². The Morgan fingerprint density at radius 2 is 1.62 bits per heavy atom. The summed E-state index contributed by atoms with van der Waals surface area (Å²) in [5, 5.41) is 9.54. The van der Waals surface area contributed by atoms with Crippen molar-refractivity contribution in [2.45, 2.75) is 71.4 Å². The van der Waals surface area contributed by atoms with E-state index in [1.165, 1.54) is 32.2 Å². The lowest BCUT2D eigenvalue weighted by Crippen LogP contribution is -2.41. The minimum Gasteiger partial charge on any atom is -0.393 e. The minimum atomic E-state index is -0.0249. The predicted molar refractivity (Wildman–Crippen MR) is 69.6 cm³/mol. The molecule has 96 valence electrons. The van der Waals surface area contributed by atoms with Crippen molar-refractivity contribution >= 4 is 0 Å². The van der Waals surface area contributed by atoms with Gasteiger partial charge in [-0.2, -0.15) is 0 Å². The lowest BCUT2D eigenvalue weighted by atomic mass is 9.91. The number of hydrogen-bond acceptors (Lipinski definition) is 2. The van der Waals surface area contributed by atoms with E-state index in [-0.39, 0.29) is 6.10 Å². The summed E-state index contributed by atoms with van der Waals surface area (Å²) in [5.74, 6) is 0.854. The van der Waals surface area contributed by atoms with Crippen LogP contribution in [0.15, 0.2) is 0 Å². The van der Waals surface area contributed by atoms with Gasteiger partial charge < -0.3 is 10.0 Å². The van der Waals surface area contributed by atoms with E-state index in [1.54, 1.807) is 0 Å². The van der Waals surface area contributed by atoms with Gasteiger partial charge in [-0.25, -0.2) is 0 Å². The van der Waals surface area contributed by atoms with Gasteiger partial charge in [-0.15, -0.1) is 0 Å². The highest BCUT2D eigenvalue weighted by atomic mass is 16.3. The van der Waals surface area contributed by atoms with Crippen molar-refractivity contribution in [1.29, 1.82) is 0 Å². The summed E-state index contributed by atoms with van der Waals surface area (Å²) in [5.41, 5.74) is 0. The van der Waals surface area contributed by atoms with Gasteiger partial charge in [-0.3, -0.25) is 0 Å². The van der Waals surface area contributed by atoms with E-state index in [9.17, 15) is 5.11 Å². The largest absolute Gasteiger partial charge is 0.393 e. The molecule has 1 saturated carbocycles. The molecule has 0 radical (unpaired) electrons. The molecule has 1 N–H and O–H groups in total. The normalized spacial score (nSPS) is 26.6. The molecule has 0 aromatic rings. The average molecular weight is 227 g/mol. The van der Waals surface area contributed by atoms with Gasteiger partial charge in [-0.1, -0.05) is 33.6 Å². The van der Waals surface area contributed by atoms with E-state index < -0.39 is 0 Å². The van der Waals surface area contributed by atoms with Crippen LogP contribution >= 0.6 is 0 Å². The Balaban J connectivity index is 2.40. The maximum atomic E-state index is 9.54. The van der Waals surface area contributed by atoms with Crippen LogP contribution in [0, 0.1) is 5.92 Å². The van der Waals surface area contributed by atoms with Crippen molar-refractivity contribution < 1.29 is 5.11 Å². The van der Waals surface area contributed by atoms with Crippen LogP contribution in [0.4, 0.5) is 0 Å². The smallest absolute Gasteiger partial charge is 0.0541 e. The molecule has 0 heterocycles. The lowest BCUT2D eigenvalue weighted by Gasteiger charge is -2.36. The molecule has 1 fully saturated rings. The zero-order chi connectivity index (χ0) is 12.0. The van der Waals surface area contributed by atoms with Crippen molar-refractivity contribution in [3.8, 4) is 0 Å². The first-order valence-electron chi connectivity index (χ1n) is 7.13. The van der Waals surface area contributed by atoms with Crippen molar-refractivity contribution in [2.24, 2.45) is 5.92 Å². The van der Waals surface area contributed by atoms with Gasteiger partial charge in [0.2, 0.25) is 0 Å². The summed E-state index contributed by atoms with van der Waals surface area (Å²) in [6.45, 7) is 9.29. The second kappa shape index (κ2) is 7.29. The highest BCUT2D eigenvalue weighted by molar-refractivity contribution is 4.80. The molecule has 1 aliphatic carbocycles. The highest BCUT2D eigenvalue weighted by Gasteiger charge is 2.24. The number of aliphatic hydroxyl groups is 1. The number of nitrogens with zero attached hydrogens (tertiary/aromatic N) is 1. The molecule has 0 unspecified atom stereocenters. The molecule has 0 aliphatic heterocycles. The molecule has 16 heavy (non-hydrogen) atoms. The van der Waals surface area contributed by atoms with Crippen LogP contribution in [-0.2, 0) is 0 Å². The SMILES string of the molecule is CCC(CC)CN(CC)C1CCC(O)CC1. The maximum Gasteiger partial charge on any atom is 0.0541 e. The molecule has 2 nitrogen and oxygen atoms in total. The van der Waals surface area contributed by atoms with Crippen LogP contribution in [0.3, 0.4) is 0 Å². The second-order valence-electron chi connectivity index (χ2n) is 5.23. The quantitative estimate of drug-likeness (QED) is 0.754. The van der Waals surface area contributed by atoms with Gasteiger partial charge in [0.25, 0.3) is 0 Å². The molecular weight excluding hydrogens is 198 g/mol. The van der Waals surface area contributed by atoms with E-state index >= 15 is 0 Å². The Morgan fingerprint density at radius 1 is 1.06 bits per heavy atom. The number of rotatable bonds is 6. The average Bonchev–Trinajstić information content (AvgIpc) is 2.32. The molecular formula is C14H29NO. The third kappa shape index (κ3) is 4.06. The monoisotopic (exact) mass is 227 g/mol. The van der Waals surface area contributed by atoms with Crippen LogP contribution in [0.5, 0.6) is 0 Å². The van der Waals surface area contributed by atoms with Gasteiger partial charge in [0.1, 0.15) is 0 Å². The second-order valence-corrected chi connectivity index (χ2v) is 5.23. The Morgan fingerprint density at radius 3 is 2.06 bits per heavy atom. The van der Waals surface area contributed by atoms with Crippen LogP contribution in [0.1, 0.15) is 59.3 Å². The Labute approximate surface area is 101 Å². The first kappa shape index (κ1) is 14.0. The van der Waals surface area contributed by atoms with Crippen LogP contribution in [0.2, 0.25) is 0 Å². The van der Waals surface area contributed by atoms with Crippen molar-refractivity contribution in [3.63, 3.8) is 0 Å². The molecule has 0 aromatic carbocycles. The van der Waals surface area contributed by atoms with Gasteiger partial charge in [0.05, 0.1) is 6.10 Å². The third-order valence-corrected chi connectivity index (χ3v) is 4.24. The van der Waals surface area contributed by atoms with Crippen LogP contribution in [-0.4, -0.2) is 35.2 Å². The summed E-state index contributed by atoms with van der Waals surface area (Å²) in [7, 11) is 0. The lowest BCUT2D eigenvalue weighted by molar-refractivity contribution is 0.0679. The standard InChI is InChI=1S/C14H29NO/c1-4-12(5-2)11-15(6-3)13-7-9-14(16)10-8-13/h12-14,16H,4-11H2,1-3H3. The van der Waals surface area contributed by atoms with E-state index in [4.69, 9.17) is 0 Å². The summed E-state index contributed by atoms with van der Waals surface area (Å²) in [6.07, 6.45) is 6.95. The number of aliphatic hydroxyl groups excluding tert-OH is 1. The van der Waals surface area contributed by atoms with E-state index in [2.05, 4.69) is 25.7 Å². The molecule has 0 amide bonds. The fraction of sp³-hybridized carbons (Fsp3) is 1.00. The van der Waals surface area contributed by atoms with Crippen molar-refractivity contribution in [3.05, 3.63) is 0 Å². The Bertz CT molecular complexity index is 172. The van der Waals surface area contributed by atoms with Gasteiger partial charge in [-0.05, 0) is 38.1 Å². The van der Waals surface area contributed by atoms with Gasteiger partial charge >= 0.3 is 0 Å². The van der Waals surface area contributed by atoms with Gasteiger partial charge in [0.15, 0.2) is 0 Å². The Kier molecular flexibility index (Phi) is 6.37. The molecule has 0 bridgehead atoms. The maximum absolute atomic E-state index is 9.54. The fourth-order valence-electron chi connectivity index (χ4n) is 2.84. The molecule has 2 heteroatoms.